The second-order valence-electron chi connectivity index (χ2n) is 5.79. The molecule has 0 aliphatic heterocycles. The number of hydrogen-bond acceptors (Lipinski definition) is 4. The van der Waals surface area contributed by atoms with Gasteiger partial charge in [-0.15, -0.1) is 0 Å². The number of rotatable bonds is 4. The van der Waals surface area contributed by atoms with Crippen LogP contribution in [0.25, 0.3) is 0 Å². The van der Waals surface area contributed by atoms with Gasteiger partial charge in [0.2, 0.25) is 0 Å². The molecule has 20 heavy (non-hydrogen) atoms. The SMILES string of the molecule is O=C(NC1(C(=O)O)CCCCC1)c1cc(C2CC2)on1. The first kappa shape index (κ1) is 13.1. The van der Waals surface area contributed by atoms with Gasteiger partial charge in [0.1, 0.15) is 11.3 Å². The largest absolute Gasteiger partial charge is 0.480 e. The van der Waals surface area contributed by atoms with Crippen LogP contribution >= 0.6 is 0 Å². The van der Waals surface area contributed by atoms with E-state index in [9.17, 15) is 14.7 Å². The van der Waals surface area contributed by atoms with Crippen molar-refractivity contribution in [1.29, 1.82) is 0 Å². The van der Waals surface area contributed by atoms with E-state index in [-0.39, 0.29) is 5.69 Å². The van der Waals surface area contributed by atoms with E-state index in [2.05, 4.69) is 10.5 Å². The van der Waals surface area contributed by atoms with E-state index in [4.69, 9.17) is 4.52 Å². The standard InChI is InChI=1S/C14H18N2O4/c17-12(10-8-11(20-16-10)9-4-5-9)15-14(13(18)19)6-2-1-3-7-14/h8-9H,1-7H2,(H,15,17)(H,18,19). The maximum absolute atomic E-state index is 12.2. The summed E-state index contributed by atoms with van der Waals surface area (Å²) in [5.74, 6) is -0.309. The van der Waals surface area contributed by atoms with Gasteiger partial charge in [-0.1, -0.05) is 24.4 Å². The summed E-state index contributed by atoms with van der Waals surface area (Å²) in [5.41, 5.74) is -0.966. The second-order valence-corrected chi connectivity index (χ2v) is 5.79. The molecule has 3 rings (SSSR count). The van der Waals surface area contributed by atoms with E-state index >= 15 is 0 Å². The first-order chi connectivity index (χ1) is 9.61. The molecular weight excluding hydrogens is 260 g/mol. The Morgan fingerprint density at radius 2 is 2.00 bits per heavy atom. The fourth-order valence-corrected chi connectivity index (χ4v) is 2.79. The Kier molecular flexibility index (Phi) is 3.23. The molecule has 6 nitrogen and oxygen atoms in total. The van der Waals surface area contributed by atoms with Crippen LogP contribution < -0.4 is 5.32 Å². The Balaban J connectivity index is 1.73. The van der Waals surface area contributed by atoms with Crippen molar-refractivity contribution < 1.29 is 19.2 Å². The van der Waals surface area contributed by atoms with E-state index in [1.54, 1.807) is 6.07 Å². The molecule has 2 saturated carbocycles. The summed E-state index contributed by atoms with van der Waals surface area (Å²) < 4.78 is 5.13. The molecule has 6 heteroatoms. The lowest BCUT2D eigenvalue weighted by atomic mass is 9.81. The summed E-state index contributed by atoms with van der Waals surface area (Å²) in [6.07, 6.45) is 5.73. The summed E-state index contributed by atoms with van der Waals surface area (Å²) in [6, 6.07) is 1.63. The summed E-state index contributed by atoms with van der Waals surface area (Å²) >= 11 is 0. The zero-order valence-electron chi connectivity index (χ0n) is 11.2. The Morgan fingerprint density at radius 1 is 1.30 bits per heavy atom. The van der Waals surface area contributed by atoms with E-state index in [0.29, 0.717) is 18.8 Å². The van der Waals surface area contributed by atoms with Crippen molar-refractivity contribution in [3.63, 3.8) is 0 Å². The third kappa shape index (κ3) is 2.42. The fraction of sp³-hybridized carbons (Fsp3) is 0.643. The van der Waals surface area contributed by atoms with Crippen LogP contribution in [0.3, 0.4) is 0 Å². The van der Waals surface area contributed by atoms with Gasteiger partial charge in [0.15, 0.2) is 5.69 Å². The minimum absolute atomic E-state index is 0.179. The number of carbonyl (C=O) groups excluding carboxylic acids is 1. The molecule has 0 unspecified atom stereocenters. The van der Waals surface area contributed by atoms with Crippen molar-refractivity contribution in [2.45, 2.75) is 56.4 Å². The van der Waals surface area contributed by atoms with E-state index in [0.717, 1.165) is 37.9 Å². The number of aromatic nitrogens is 1. The van der Waals surface area contributed by atoms with Crippen molar-refractivity contribution in [3.8, 4) is 0 Å². The molecule has 2 aliphatic carbocycles. The lowest BCUT2D eigenvalue weighted by molar-refractivity contribution is -0.145. The predicted molar refractivity (Wildman–Crippen MR) is 69.4 cm³/mol. The molecule has 2 aliphatic rings. The van der Waals surface area contributed by atoms with Crippen LogP contribution in [0, 0.1) is 0 Å². The van der Waals surface area contributed by atoms with Crippen LogP contribution in [0.4, 0.5) is 0 Å². The number of carboxylic acid groups (broad SMARTS) is 1. The molecule has 0 spiro atoms. The van der Waals surface area contributed by atoms with Gasteiger partial charge in [0.25, 0.3) is 5.91 Å². The molecule has 1 aromatic heterocycles. The molecule has 0 radical (unpaired) electrons. The van der Waals surface area contributed by atoms with Gasteiger partial charge < -0.3 is 14.9 Å². The summed E-state index contributed by atoms with van der Waals surface area (Å²) in [7, 11) is 0. The molecule has 1 heterocycles. The van der Waals surface area contributed by atoms with Gasteiger partial charge in [-0.3, -0.25) is 4.79 Å². The molecule has 0 atom stereocenters. The molecule has 0 bridgehead atoms. The van der Waals surface area contributed by atoms with Gasteiger partial charge in [-0.2, -0.15) is 0 Å². The number of aliphatic carboxylic acids is 1. The van der Waals surface area contributed by atoms with E-state index < -0.39 is 17.4 Å². The predicted octanol–water partition coefficient (Wildman–Crippen LogP) is 2.07. The smallest absolute Gasteiger partial charge is 0.329 e. The highest BCUT2D eigenvalue weighted by Gasteiger charge is 2.41. The van der Waals surface area contributed by atoms with Crippen LogP contribution in [0.2, 0.25) is 0 Å². The molecular formula is C14H18N2O4. The number of carbonyl (C=O) groups is 2. The zero-order chi connectivity index (χ0) is 14.2. The van der Waals surface area contributed by atoms with Gasteiger partial charge in [-0.05, 0) is 25.7 Å². The number of carboxylic acids is 1. The van der Waals surface area contributed by atoms with Gasteiger partial charge in [-0.25, -0.2) is 4.79 Å². The monoisotopic (exact) mass is 278 g/mol. The van der Waals surface area contributed by atoms with Gasteiger partial charge in [0.05, 0.1) is 0 Å². The normalized spacial score (nSPS) is 21.4. The molecule has 2 N–H and O–H groups in total. The number of nitrogens with zero attached hydrogens (tertiary/aromatic N) is 1. The van der Waals surface area contributed by atoms with Crippen molar-refractivity contribution in [3.05, 3.63) is 17.5 Å². The second kappa shape index (κ2) is 4.92. The van der Waals surface area contributed by atoms with Crippen LogP contribution in [0.5, 0.6) is 0 Å². The van der Waals surface area contributed by atoms with E-state index in [1.165, 1.54) is 0 Å². The van der Waals surface area contributed by atoms with Crippen molar-refractivity contribution in [2.24, 2.45) is 0 Å². The van der Waals surface area contributed by atoms with Crippen molar-refractivity contribution in [1.82, 2.24) is 10.5 Å². The summed E-state index contributed by atoms with van der Waals surface area (Å²) in [6.45, 7) is 0. The highest BCUT2D eigenvalue weighted by molar-refractivity contribution is 5.96. The first-order valence-electron chi connectivity index (χ1n) is 7.13. The average Bonchev–Trinajstić information content (AvgIpc) is 3.17. The number of nitrogens with one attached hydrogen (secondary N) is 1. The Morgan fingerprint density at radius 3 is 2.60 bits per heavy atom. The zero-order valence-corrected chi connectivity index (χ0v) is 11.2. The van der Waals surface area contributed by atoms with Crippen LogP contribution in [0.1, 0.15) is 67.1 Å². The van der Waals surface area contributed by atoms with Crippen LogP contribution in [-0.4, -0.2) is 27.7 Å². The highest BCUT2D eigenvalue weighted by Crippen LogP contribution is 2.40. The molecule has 0 saturated heterocycles. The molecule has 2 fully saturated rings. The minimum atomic E-state index is -1.14. The maximum Gasteiger partial charge on any atom is 0.329 e. The van der Waals surface area contributed by atoms with Crippen molar-refractivity contribution in [2.75, 3.05) is 0 Å². The Labute approximate surface area is 116 Å². The molecule has 1 aromatic rings. The quantitative estimate of drug-likeness (QED) is 0.879. The van der Waals surface area contributed by atoms with Crippen LogP contribution in [0.15, 0.2) is 10.6 Å². The number of amides is 1. The lowest BCUT2D eigenvalue weighted by Gasteiger charge is -2.33. The molecule has 1 amide bonds. The number of hydrogen-bond donors (Lipinski definition) is 2. The third-order valence-electron chi connectivity index (χ3n) is 4.21. The van der Waals surface area contributed by atoms with E-state index in [1.807, 2.05) is 0 Å². The topological polar surface area (TPSA) is 92.4 Å². The van der Waals surface area contributed by atoms with Crippen LogP contribution in [-0.2, 0) is 4.79 Å². The highest BCUT2D eigenvalue weighted by atomic mass is 16.5. The molecule has 0 aromatic carbocycles. The van der Waals surface area contributed by atoms with Crippen molar-refractivity contribution >= 4 is 11.9 Å². The van der Waals surface area contributed by atoms with Gasteiger partial charge in [0, 0.05) is 12.0 Å². The Hall–Kier alpha value is -1.85. The third-order valence-corrected chi connectivity index (χ3v) is 4.21. The maximum atomic E-state index is 12.2. The lowest BCUT2D eigenvalue weighted by Crippen LogP contribution is -2.55. The minimum Gasteiger partial charge on any atom is -0.480 e. The fourth-order valence-electron chi connectivity index (χ4n) is 2.79. The Bertz CT molecular complexity index is 527. The summed E-state index contributed by atoms with van der Waals surface area (Å²) in [5, 5.41) is 15.8. The first-order valence-corrected chi connectivity index (χ1v) is 7.13. The molecule has 108 valence electrons. The summed E-state index contributed by atoms with van der Waals surface area (Å²) in [4.78, 5) is 23.7. The average molecular weight is 278 g/mol. The van der Waals surface area contributed by atoms with Gasteiger partial charge >= 0.3 is 5.97 Å².